The van der Waals surface area contributed by atoms with Crippen molar-refractivity contribution in [3.63, 3.8) is 0 Å². The summed E-state index contributed by atoms with van der Waals surface area (Å²) in [6.45, 7) is 0. The minimum Gasteiger partial charge on any atom is -0.497 e. The third kappa shape index (κ3) is 1.73. The molecular weight excluding hydrogens is 248 g/mol. The van der Waals surface area contributed by atoms with Crippen LogP contribution in [0.3, 0.4) is 0 Å². The van der Waals surface area contributed by atoms with Crippen molar-refractivity contribution in [2.24, 2.45) is 0 Å². The summed E-state index contributed by atoms with van der Waals surface area (Å²) in [4.78, 5) is 4.55. The number of nitrogens with zero attached hydrogens (tertiary/aromatic N) is 1. The minimum absolute atomic E-state index is 0.612. The summed E-state index contributed by atoms with van der Waals surface area (Å²) in [5.74, 6) is 0.725. The van der Waals surface area contributed by atoms with Gasteiger partial charge in [0.05, 0.1) is 23.8 Å². The van der Waals surface area contributed by atoms with E-state index in [0.717, 1.165) is 27.6 Å². The first kappa shape index (κ1) is 11.1. The molecule has 3 aromatic rings. The Labute approximate surface area is 109 Å². The molecule has 90 valence electrons. The second-order valence-corrected chi connectivity index (χ2v) is 4.55. The number of rotatable bonds is 1. The second-order valence-electron chi connectivity index (χ2n) is 4.11. The Morgan fingerprint density at radius 1 is 1.11 bits per heavy atom. The predicted octanol–water partition coefficient (Wildman–Crippen LogP) is 3.63. The smallest absolute Gasteiger partial charge is 0.121 e. The summed E-state index contributed by atoms with van der Waals surface area (Å²) >= 11 is 5.98. The lowest BCUT2D eigenvalue weighted by Crippen LogP contribution is -1.93. The molecule has 0 aliphatic rings. The first-order chi connectivity index (χ1) is 8.67. The average Bonchev–Trinajstić information content (AvgIpc) is 2.36. The first-order valence-corrected chi connectivity index (χ1v) is 5.89. The van der Waals surface area contributed by atoms with Crippen molar-refractivity contribution in [1.29, 1.82) is 0 Å². The quantitative estimate of drug-likeness (QED) is 0.536. The van der Waals surface area contributed by atoms with Crippen molar-refractivity contribution in [2.45, 2.75) is 0 Å². The average molecular weight is 259 g/mol. The Balaban J connectivity index is 2.41. The number of halogens is 1. The molecule has 0 spiro atoms. The van der Waals surface area contributed by atoms with Crippen LogP contribution in [0.5, 0.6) is 5.75 Å². The van der Waals surface area contributed by atoms with E-state index in [2.05, 4.69) is 4.98 Å². The number of fused-ring (bicyclic) bond motifs is 2. The third-order valence-corrected chi connectivity index (χ3v) is 3.15. The maximum Gasteiger partial charge on any atom is 0.121 e. The molecule has 18 heavy (non-hydrogen) atoms. The fourth-order valence-corrected chi connectivity index (χ4v) is 2.22. The molecule has 1 aromatic heterocycles. The van der Waals surface area contributed by atoms with Crippen LogP contribution in [0.15, 0.2) is 36.4 Å². The predicted molar refractivity (Wildman–Crippen MR) is 75.2 cm³/mol. The molecule has 0 aliphatic carbocycles. The van der Waals surface area contributed by atoms with Crippen LogP contribution in [0.1, 0.15) is 0 Å². The lowest BCUT2D eigenvalue weighted by Gasteiger charge is -2.07. The maximum absolute atomic E-state index is 5.98. The van der Waals surface area contributed by atoms with E-state index >= 15 is 0 Å². The fourth-order valence-electron chi connectivity index (χ4n) is 2.04. The standard InChI is InChI=1S/C14H11ClN2O/c1-18-11-6-9-4-8-5-10(15)2-3-13(8)17-14(9)12(16)7-11/h2-7H,16H2,1H3. The number of ether oxygens (including phenoxy) is 1. The number of hydrogen-bond acceptors (Lipinski definition) is 3. The monoisotopic (exact) mass is 258 g/mol. The van der Waals surface area contributed by atoms with E-state index in [0.29, 0.717) is 10.7 Å². The SMILES string of the molecule is COc1cc(N)c2nc3ccc(Cl)cc3cc2c1. The molecule has 0 aliphatic heterocycles. The summed E-state index contributed by atoms with van der Waals surface area (Å²) in [6, 6.07) is 11.3. The number of anilines is 1. The van der Waals surface area contributed by atoms with Gasteiger partial charge in [-0.1, -0.05) is 11.6 Å². The fraction of sp³-hybridized carbons (Fsp3) is 0.0714. The molecule has 0 atom stereocenters. The molecule has 0 amide bonds. The number of aromatic nitrogens is 1. The summed E-state index contributed by atoms with van der Waals surface area (Å²) in [5.41, 5.74) is 8.26. The van der Waals surface area contributed by atoms with Gasteiger partial charge in [0.2, 0.25) is 0 Å². The lowest BCUT2D eigenvalue weighted by molar-refractivity contribution is 0.415. The van der Waals surface area contributed by atoms with E-state index < -0.39 is 0 Å². The van der Waals surface area contributed by atoms with Crippen LogP contribution in [-0.2, 0) is 0 Å². The number of nitrogen functional groups attached to an aromatic ring is 1. The van der Waals surface area contributed by atoms with Gasteiger partial charge >= 0.3 is 0 Å². The molecule has 0 bridgehead atoms. The van der Waals surface area contributed by atoms with Crippen LogP contribution in [0.2, 0.25) is 5.02 Å². The van der Waals surface area contributed by atoms with Crippen molar-refractivity contribution >= 4 is 39.1 Å². The first-order valence-electron chi connectivity index (χ1n) is 5.51. The molecule has 2 aromatic carbocycles. The Hall–Kier alpha value is -2.00. The van der Waals surface area contributed by atoms with Crippen LogP contribution >= 0.6 is 11.6 Å². The molecule has 0 saturated heterocycles. The van der Waals surface area contributed by atoms with Crippen LogP contribution < -0.4 is 10.5 Å². The van der Waals surface area contributed by atoms with Crippen molar-refractivity contribution in [2.75, 3.05) is 12.8 Å². The molecule has 0 unspecified atom stereocenters. The second kappa shape index (κ2) is 4.03. The molecule has 0 saturated carbocycles. The van der Waals surface area contributed by atoms with Crippen LogP contribution in [0.25, 0.3) is 21.8 Å². The van der Waals surface area contributed by atoms with Gasteiger partial charge in [0.25, 0.3) is 0 Å². The van der Waals surface area contributed by atoms with E-state index in [9.17, 15) is 0 Å². The number of pyridine rings is 1. The Morgan fingerprint density at radius 3 is 2.72 bits per heavy atom. The Kier molecular flexibility index (Phi) is 2.49. The number of nitrogens with two attached hydrogens (primary N) is 1. The van der Waals surface area contributed by atoms with Gasteiger partial charge in [0, 0.05) is 21.9 Å². The largest absolute Gasteiger partial charge is 0.497 e. The van der Waals surface area contributed by atoms with E-state index in [1.807, 2.05) is 30.3 Å². The van der Waals surface area contributed by atoms with Gasteiger partial charge < -0.3 is 10.5 Å². The topological polar surface area (TPSA) is 48.1 Å². The molecular formula is C14H11ClN2O. The highest BCUT2D eigenvalue weighted by Gasteiger charge is 2.06. The Bertz CT molecular complexity index is 755. The summed E-state index contributed by atoms with van der Waals surface area (Å²) < 4.78 is 5.21. The zero-order valence-corrected chi connectivity index (χ0v) is 10.5. The molecule has 3 rings (SSSR count). The molecule has 0 radical (unpaired) electrons. The van der Waals surface area contributed by atoms with Gasteiger partial charge in [0.15, 0.2) is 0 Å². The van der Waals surface area contributed by atoms with Crippen molar-refractivity contribution < 1.29 is 4.74 Å². The van der Waals surface area contributed by atoms with Crippen LogP contribution in [0, 0.1) is 0 Å². The van der Waals surface area contributed by atoms with Crippen LogP contribution in [-0.4, -0.2) is 12.1 Å². The summed E-state index contributed by atoms with van der Waals surface area (Å²) in [5, 5.41) is 2.63. The molecule has 1 heterocycles. The van der Waals surface area contributed by atoms with E-state index in [1.165, 1.54) is 0 Å². The molecule has 3 nitrogen and oxygen atoms in total. The van der Waals surface area contributed by atoms with Crippen molar-refractivity contribution in [1.82, 2.24) is 4.98 Å². The van der Waals surface area contributed by atoms with E-state index in [1.54, 1.807) is 13.2 Å². The number of hydrogen-bond donors (Lipinski definition) is 1. The number of methoxy groups -OCH3 is 1. The normalized spacial score (nSPS) is 11.0. The summed E-state index contributed by atoms with van der Waals surface area (Å²) in [7, 11) is 1.62. The van der Waals surface area contributed by atoms with Gasteiger partial charge in [0.1, 0.15) is 5.75 Å². The lowest BCUT2D eigenvalue weighted by atomic mass is 10.1. The maximum atomic E-state index is 5.98. The van der Waals surface area contributed by atoms with Gasteiger partial charge in [-0.05, 0) is 30.3 Å². The minimum atomic E-state index is 0.612. The molecule has 2 N–H and O–H groups in total. The van der Waals surface area contributed by atoms with Gasteiger partial charge in [-0.15, -0.1) is 0 Å². The zero-order valence-electron chi connectivity index (χ0n) is 9.77. The van der Waals surface area contributed by atoms with Crippen molar-refractivity contribution in [3.05, 3.63) is 41.4 Å². The zero-order chi connectivity index (χ0) is 12.7. The number of benzene rings is 2. The highest BCUT2D eigenvalue weighted by atomic mass is 35.5. The Morgan fingerprint density at radius 2 is 1.94 bits per heavy atom. The van der Waals surface area contributed by atoms with Crippen molar-refractivity contribution in [3.8, 4) is 5.75 Å². The van der Waals surface area contributed by atoms with Gasteiger partial charge in [-0.2, -0.15) is 0 Å². The summed E-state index contributed by atoms with van der Waals surface area (Å²) in [6.07, 6.45) is 0. The highest BCUT2D eigenvalue weighted by molar-refractivity contribution is 6.31. The molecule has 0 fully saturated rings. The van der Waals surface area contributed by atoms with Gasteiger partial charge in [-0.3, -0.25) is 0 Å². The van der Waals surface area contributed by atoms with E-state index in [4.69, 9.17) is 22.1 Å². The van der Waals surface area contributed by atoms with E-state index in [-0.39, 0.29) is 0 Å². The van der Waals surface area contributed by atoms with Crippen LogP contribution in [0.4, 0.5) is 5.69 Å². The third-order valence-electron chi connectivity index (χ3n) is 2.91. The highest BCUT2D eigenvalue weighted by Crippen LogP contribution is 2.29. The van der Waals surface area contributed by atoms with Gasteiger partial charge in [-0.25, -0.2) is 4.98 Å². The molecule has 4 heteroatoms.